The Balaban J connectivity index is 1.57. The number of hydrogen-bond acceptors (Lipinski definition) is 3. The molecule has 3 nitrogen and oxygen atoms in total. The van der Waals surface area contributed by atoms with Gasteiger partial charge in [0.1, 0.15) is 0 Å². The Morgan fingerprint density at radius 1 is 0.500 bits per heavy atom. The van der Waals surface area contributed by atoms with Crippen LogP contribution in [0.4, 0.5) is 0 Å². The van der Waals surface area contributed by atoms with E-state index in [1.165, 1.54) is 154 Å². The highest BCUT2D eigenvalue weighted by atomic mass is 16.8. The molecule has 3 heteroatoms. The molecule has 0 bridgehead atoms. The van der Waals surface area contributed by atoms with E-state index in [-0.39, 0.29) is 5.79 Å². The second-order valence-electron chi connectivity index (χ2n) is 14.3. The quantitative estimate of drug-likeness (QED) is 0.0652. The Bertz CT molecular complexity index is 735. The number of hydrogen-bond donors (Lipinski definition) is 1. The van der Waals surface area contributed by atoms with Crippen molar-refractivity contribution in [2.24, 2.45) is 0 Å². The summed E-state index contributed by atoms with van der Waals surface area (Å²) >= 11 is 0. The van der Waals surface area contributed by atoms with Crippen LogP contribution in [0.25, 0.3) is 0 Å². The van der Waals surface area contributed by atoms with Crippen LogP contribution in [0, 0.1) is 0 Å². The molecule has 1 spiro atoms. The summed E-state index contributed by atoms with van der Waals surface area (Å²) in [5, 5.41) is 3.47. The molecule has 0 amide bonds. The van der Waals surface area contributed by atoms with Crippen LogP contribution in [0.5, 0.6) is 0 Å². The molecule has 0 aromatic heterocycles. The summed E-state index contributed by atoms with van der Waals surface area (Å²) in [5.74, 6) is -0.295. The molecule has 2 aliphatic rings. The van der Waals surface area contributed by atoms with Crippen LogP contribution in [0.2, 0.25) is 0 Å². The Morgan fingerprint density at radius 2 is 0.870 bits per heavy atom. The lowest BCUT2D eigenvalue weighted by Gasteiger charge is -2.36. The molecule has 2 rings (SSSR count). The van der Waals surface area contributed by atoms with Gasteiger partial charge in [0.05, 0.1) is 12.2 Å². The molecule has 266 valence electrons. The maximum atomic E-state index is 6.81. The van der Waals surface area contributed by atoms with Crippen molar-refractivity contribution in [3.05, 3.63) is 48.6 Å². The number of ether oxygens (including phenoxy) is 2. The zero-order chi connectivity index (χ0) is 32.8. The summed E-state index contributed by atoms with van der Waals surface area (Å²) < 4.78 is 13.6. The van der Waals surface area contributed by atoms with Crippen molar-refractivity contribution in [1.82, 2.24) is 5.32 Å². The molecule has 0 aromatic carbocycles. The van der Waals surface area contributed by atoms with Crippen molar-refractivity contribution in [1.29, 1.82) is 0 Å². The van der Waals surface area contributed by atoms with E-state index in [4.69, 9.17) is 9.47 Å². The first-order chi connectivity index (χ1) is 22.7. The van der Waals surface area contributed by atoms with Gasteiger partial charge in [0.15, 0.2) is 5.79 Å². The van der Waals surface area contributed by atoms with Crippen LogP contribution < -0.4 is 5.32 Å². The number of allylic oxidation sites excluding steroid dienone is 8. The molecule has 1 aliphatic carbocycles. The monoisotopic (exact) mass is 640 g/mol. The molecule has 46 heavy (non-hydrogen) atoms. The lowest BCUT2D eigenvalue weighted by atomic mass is 9.90. The third-order valence-corrected chi connectivity index (χ3v) is 10.2. The van der Waals surface area contributed by atoms with Gasteiger partial charge in [-0.2, -0.15) is 0 Å². The van der Waals surface area contributed by atoms with Gasteiger partial charge in [-0.05, 0) is 96.9 Å². The Labute approximate surface area is 287 Å². The molecule has 0 radical (unpaired) electrons. The molecule has 2 fully saturated rings. The fraction of sp³-hybridized carbons (Fsp3) is 0.814. The van der Waals surface area contributed by atoms with Crippen molar-refractivity contribution in [3.63, 3.8) is 0 Å². The minimum atomic E-state index is -0.295. The normalized spacial score (nSPS) is 23.8. The van der Waals surface area contributed by atoms with Crippen LogP contribution in [-0.4, -0.2) is 31.1 Å². The van der Waals surface area contributed by atoms with Crippen LogP contribution in [0.15, 0.2) is 48.6 Å². The molecular weight excluding hydrogens is 562 g/mol. The zero-order valence-electron chi connectivity index (χ0n) is 31.0. The Kier molecular flexibility index (Phi) is 25.7. The maximum absolute atomic E-state index is 6.81. The van der Waals surface area contributed by atoms with Crippen LogP contribution >= 0.6 is 0 Å². The predicted octanol–water partition coefficient (Wildman–Crippen LogP) is 13.3. The summed E-state index contributed by atoms with van der Waals surface area (Å²) in [5.41, 5.74) is 0. The van der Waals surface area contributed by atoms with E-state index in [1.807, 2.05) is 0 Å². The molecule has 1 N–H and O–H groups in total. The smallest absolute Gasteiger partial charge is 0.169 e. The highest BCUT2D eigenvalue weighted by molar-refractivity contribution is 4.94. The lowest BCUT2D eigenvalue weighted by Crippen LogP contribution is -2.41. The van der Waals surface area contributed by atoms with Crippen LogP contribution in [0.3, 0.4) is 0 Å². The molecule has 1 saturated heterocycles. The van der Waals surface area contributed by atoms with Gasteiger partial charge in [-0.1, -0.05) is 140 Å². The van der Waals surface area contributed by atoms with E-state index in [0.29, 0.717) is 18.2 Å². The van der Waals surface area contributed by atoms with Gasteiger partial charge in [-0.25, -0.2) is 0 Å². The predicted molar refractivity (Wildman–Crippen MR) is 203 cm³/mol. The van der Waals surface area contributed by atoms with Crippen molar-refractivity contribution in [2.45, 2.75) is 218 Å². The van der Waals surface area contributed by atoms with E-state index < -0.39 is 0 Å². The second-order valence-corrected chi connectivity index (χ2v) is 14.3. The van der Waals surface area contributed by atoms with Gasteiger partial charge < -0.3 is 14.8 Å². The molecular formula is C43H77NO2. The summed E-state index contributed by atoms with van der Waals surface area (Å²) in [7, 11) is 2.10. The summed E-state index contributed by atoms with van der Waals surface area (Å²) in [6.45, 7) is 4.54. The summed E-state index contributed by atoms with van der Waals surface area (Å²) in [4.78, 5) is 0. The van der Waals surface area contributed by atoms with Crippen molar-refractivity contribution >= 4 is 0 Å². The fourth-order valence-electron chi connectivity index (χ4n) is 7.12. The maximum Gasteiger partial charge on any atom is 0.169 e. The largest absolute Gasteiger partial charge is 0.344 e. The zero-order valence-corrected chi connectivity index (χ0v) is 31.0. The summed E-state index contributed by atoms with van der Waals surface area (Å²) in [6, 6.07) is 0.624. The Morgan fingerprint density at radius 3 is 1.26 bits per heavy atom. The van der Waals surface area contributed by atoms with Gasteiger partial charge in [-0.15, -0.1) is 0 Å². The first-order valence-electron chi connectivity index (χ1n) is 20.4. The van der Waals surface area contributed by atoms with Crippen molar-refractivity contribution in [2.75, 3.05) is 7.05 Å². The standard InChI is InChI=1S/C43H77NO2/c1-4-6-8-10-12-14-16-18-20-22-24-26-28-30-32-34-41-42(46-43(45-41)38-36-40(44-3)37-39-43)35-33-31-29-27-25-23-21-19-17-15-13-11-9-7-5-2/h12-15,18-21,40-42,44H,4-11,16-17,22-39H2,1-3H3. The molecule has 1 saturated carbocycles. The fourth-order valence-corrected chi connectivity index (χ4v) is 7.12. The average molecular weight is 640 g/mol. The molecule has 2 atom stereocenters. The topological polar surface area (TPSA) is 30.5 Å². The van der Waals surface area contributed by atoms with E-state index in [1.54, 1.807) is 0 Å². The van der Waals surface area contributed by atoms with E-state index in [2.05, 4.69) is 74.8 Å². The number of nitrogens with one attached hydrogen (secondary N) is 1. The van der Waals surface area contributed by atoms with Gasteiger partial charge in [0.2, 0.25) is 0 Å². The lowest BCUT2D eigenvalue weighted by molar-refractivity contribution is -0.197. The minimum absolute atomic E-state index is 0.295. The van der Waals surface area contributed by atoms with Crippen LogP contribution in [-0.2, 0) is 9.47 Å². The second kappa shape index (κ2) is 28.8. The first-order valence-corrected chi connectivity index (χ1v) is 20.4. The van der Waals surface area contributed by atoms with Gasteiger partial charge in [0, 0.05) is 18.9 Å². The highest BCUT2D eigenvalue weighted by Crippen LogP contribution is 2.43. The molecule has 1 aliphatic heterocycles. The van der Waals surface area contributed by atoms with Gasteiger partial charge in [-0.3, -0.25) is 0 Å². The van der Waals surface area contributed by atoms with E-state index in [0.717, 1.165) is 25.7 Å². The first kappa shape index (κ1) is 41.0. The number of unbranched alkanes of at least 4 members (excludes halogenated alkanes) is 16. The van der Waals surface area contributed by atoms with E-state index >= 15 is 0 Å². The third kappa shape index (κ3) is 20.3. The molecule has 0 aromatic rings. The Hall–Kier alpha value is -1.16. The molecule has 1 heterocycles. The van der Waals surface area contributed by atoms with Crippen LogP contribution in [0.1, 0.15) is 194 Å². The van der Waals surface area contributed by atoms with Crippen molar-refractivity contribution < 1.29 is 9.47 Å². The van der Waals surface area contributed by atoms with Gasteiger partial charge in [0.25, 0.3) is 0 Å². The van der Waals surface area contributed by atoms with Crippen molar-refractivity contribution in [3.8, 4) is 0 Å². The van der Waals surface area contributed by atoms with Gasteiger partial charge >= 0.3 is 0 Å². The number of rotatable bonds is 29. The average Bonchev–Trinajstić information content (AvgIpc) is 3.41. The minimum Gasteiger partial charge on any atom is -0.344 e. The SMILES string of the molecule is CCCCCC=CCC=CCCCCCCCC1OC2(CCC(NC)CC2)OC1CCCCCCCC=CCC=CCCCCC. The van der Waals surface area contributed by atoms with E-state index in [9.17, 15) is 0 Å². The molecule has 2 unspecified atom stereocenters. The summed E-state index contributed by atoms with van der Waals surface area (Å²) in [6.07, 6.45) is 54.7. The third-order valence-electron chi connectivity index (χ3n) is 10.2. The highest BCUT2D eigenvalue weighted by Gasteiger charge is 2.48.